The molecule has 3 aromatic rings. The first-order valence-corrected chi connectivity index (χ1v) is 9.23. The van der Waals surface area contributed by atoms with Gasteiger partial charge in [-0.25, -0.2) is 0 Å². The van der Waals surface area contributed by atoms with Crippen LogP contribution in [0.2, 0.25) is 0 Å². The number of hydrogen-bond donors (Lipinski definition) is 1. The minimum absolute atomic E-state index is 0.0234. The number of halogens is 1. The van der Waals surface area contributed by atoms with Crippen LogP contribution in [0.4, 0.5) is 5.13 Å². The van der Waals surface area contributed by atoms with Gasteiger partial charge in [0.2, 0.25) is 11.0 Å². The topological polar surface area (TPSA) is 54.9 Å². The Morgan fingerprint density at radius 2 is 1.88 bits per heavy atom. The van der Waals surface area contributed by atoms with Crippen LogP contribution in [0.15, 0.2) is 59.1 Å². The number of anilines is 1. The van der Waals surface area contributed by atoms with Crippen LogP contribution in [0.25, 0.3) is 11.4 Å². The fourth-order valence-electron chi connectivity index (χ4n) is 2.74. The van der Waals surface area contributed by atoms with Gasteiger partial charge < -0.3 is 5.32 Å². The number of nitrogens with zero attached hydrogens (tertiary/aromatic N) is 2. The summed E-state index contributed by atoms with van der Waals surface area (Å²) in [6.45, 7) is 0. The van der Waals surface area contributed by atoms with Gasteiger partial charge in [-0.05, 0) is 30.0 Å². The summed E-state index contributed by atoms with van der Waals surface area (Å²) in [5.41, 5.74) is 2.16. The van der Waals surface area contributed by atoms with Crippen LogP contribution in [0.3, 0.4) is 0 Å². The third kappa shape index (κ3) is 3.25. The monoisotopic (exact) mass is 399 g/mol. The maximum atomic E-state index is 12.4. The van der Waals surface area contributed by atoms with Gasteiger partial charge in [0, 0.05) is 27.5 Å². The number of nitrogens with one attached hydrogen (secondary N) is 1. The maximum Gasteiger partial charge on any atom is 0.229 e. The minimum Gasteiger partial charge on any atom is -0.300 e. The molecule has 4 nitrogen and oxygen atoms in total. The molecule has 0 radical (unpaired) electrons. The van der Waals surface area contributed by atoms with Crippen LogP contribution in [0.5, 0.6) is 0 Å². The Hall–Kier alpha value is -2.05. The van der Waals surface area contributed by atoms with Crippen LogP contribution in [-0.2, 0) is 4.79 Å². The van der Waals surface area contributed by atoms with Crippen LogP contribution in [0, 0.1) is 5.92 Å². The van der Waals surface area contributed by atoms with E-state index < -0.39 is 0 Å². The molecule has 1 fully saturated rings. The molecule has 4 rings (SSSR count). The van der Waals surface area contributed by atoms with Crippen molar-refractivity contribution >= 4 is 38.5 Å². The third-order valence-corrected chi connectivity index (χ3v) is 5.27. The molecule has 2 aromatic carbocycles. The van der Waals surface area contributed by atoms with Gasteiger partial charge in [0.05, 0.1) is 0 Å². The molecule has 1 saturated carbocycles. The molecule has 1 heterocycles. The number of carbonyl (C=O) groups is 1. The minimum atomic E-state index is 0.0234. The van der Waals surface area contributed by atoms with Crippen molar-refractivity contribution in [2.24, 2.45) is 5.92 Å². The predicted molar refractivity (Wildman–Crippen MR) is 99.0 cm³/mol. The molecule has 24 heavy (non-hydrogen) atoms. The van der Waals surface area contributed by atoms with Crippen molar-refractivity contribution in [1.82, 2.24) is 9.36 Å². The van der Waals surface area contributed by atoms with Crippen molar-refractivity contribution in [3.05, 3.63) is 64.6 Å². The highest BCUT2D eigenvalue weighted by molar-refractivity contribution is 9.10. The Morgan fingerprint density at radius 1 is 1.12 bits per heavy atom. The van der Waals surface area contributed by atoms with Crippen LogP contribution in [-0.4, -0.2) is 15.3 Å². The van der Waals surface area contributed by atoms with Gasteiger partial charge in [-0.3, -0.25) is 4.79 Å². The molecular weight excluding hydrogens is 386 g/mol. The van der Waals surface area contributed by atoms with Gasteiger partial charge in [-0.2, -0.15) is 9.36 Å². The normalized spacial score (nSPS) is 19.0. The standard InChI is InChI=1S/C18H14BrN3OS/c19-13-8-6-11(7-9-13)14-10-15(14)17(23)21-18-20-16(22-24-18)12-4-2-1-3-5-12/h1-9,14-15H,10H2,(H,20,21,22,23). The van der Waals surface area contributed by atoms with Crippen molar-refractivity contribution in [1.29, 1.82) is 0 Å². The van der Waals surface area contributed by atoms with E-state index in [-0.39, 0.29) is 11.8 Å². The van der Waals surface area contributed by atoms with E-state index in [1.54, 1.807) is 0 Å². The van der Waals surface area contributed by atoms with E-state index in [1.807, 2.05) is 42.5 Å². The summed E-state index contributed by atoms with van der Waals surface area (Å²) in [5.74, 6) is 1.00. The average Bonchev–Trinajstić information content (AvgIpc) is 3.28. The first-order valence-electron chi connectivity index (χ1n) is 7.66. The number of benzene rings is 2. The van der Waals surface area contributed by atoms with Gasteiger partial charge in [-0.1, -0.05) is 58.4 Å². The summed E-state index contributed by atoms with van der Waals surface area (Å²) in [5, 5.41) is 3.46. The van der Waals surface area contributed by atoms with Crippen molar-refractivity contribution in [3.8, 4) is 11.4 Å². The van der Waals surface area contributed by atoms with Gasteiger partial charge in [0.15, 0.2) is 5.82 Å². The highest BCUT2D eigenvalue weighted by Gasteiger charge is 2.44. The molecule has 0 bridgehead atoms. The van der Waals surface area contributed by atoms with E-state index in [2.05, 4.69) is 42.7 Å². The Balaban J connectivity index is 1.41. The lowest BCUT2D eigenvalue weighted by Crippen LogP contribution is -2.14. The molecule has 120 valence electrons. The van der Waals surface area contributed by atoms with Gasteiger partial charge in [0.25, 0.3) is 0 Å². The highest BCUT2D eigenvalue weighted by atomic mass is 79.9. The van der Waals surface area contributed by atoms with E-state index in [4.69, 9.17) is 0 Å². The zero-order valence-corrected chi connectivity index (χ0v) is 15.0. The lowest BCUT2D eigenvalue weighted by molar-refractivity contribution is -0.117. The smallest absolute Gasteiger partial charge is 0.229 e. The Morgan fingerprint density at radius 3 is 2.62 bits per heavy atom. The number of aromatic nitrogens is 2. The Kier molecular flexibility index (Phi) is 4.16. The molecule has 0 spiro atoms. The van der Waals surface area contributed by atoms with E-state index in [0.717, 1.165) is 16.5 Å². The summed E-state index contributed by atoms with van der Waals surface area (Å²) < 4.78 is 5.37. The molecule has 1 aliphatic rings. The summed E-state index contributed by atoms with van der Waals surface area (Å²) >= 11 is 4.65. The van der Waals surface area contributed by atoms with Crippen molar-refractivity contribution in [2.75, 3.05) is 5.32 Å². The molecule has 1 N–H and O–H groups in total. The highest BCUT2D eigenvalue weighted by Crippen LogP contribution is 2.48. The van der Waals surface area contributed by atoms with Crippen LogP contribution >= 0.6 is 27.5 Å². The first-order chi connectivity index (χ1) is 11.7. The molecular formula is C18H14BrN3OS. The summed E-state index contributed by atoms with van der Waals surface area (Å²) in [6.07, 6.45) is 0.887. The molecule has 2 atom stereocenters. The van der Waals surface area contributed by atoms with Crippen molar-refractivity contribution < 1.29 is 4.79 Å². The summed E-state index contributed by atoms with van der Waals surface area (Å²) in [4.78, 5) is 16.8. The predicted octanol–water partition coefficient (Wildman–Crippen LogP) is 4.71. The molecule has 0 aliphatic heterocycles. The second-order valence-corrected chi connectivity index (χ2v) is 7.45. The van der Waals surface area contributed by atoms with E-state index in [1.165, 1.54) is 17.1 Å². The molecule has 0 saturated heterocycles. The third-order valence-electron chi connectivity index (χ3n) is 4.11. The second kappa shape index (κ2) is 6.45. The maximum absolute atomic E-state index is 12.4. The second-order valence-electron chi connectivity index (χ2n) is 5.78. The van der Waals surface area contributed by atoms with Gasteiger partial charge >= 0.3 is 0 Å². The molecule has 6 heteroatoms. The molecule has 1 amide bonds. The number of carbonyl (C=O) groups excluding carboxylic acids is 1. The summed E-state index contributed by atoms with van der Waals surface area (Å²) in [7, 11) is 0. The van der Waals surface area contributed by atoms with E-state index in [9.17, 15) is 4.79 Å². The van der Waals surface area contributed by atoms with E-state index >= 15 is 0 Å². The zero-order chi connectivity index (χ0) is 16.5. The quantitative estimate of drug-likeness (QED) is 0.690. The lowest BCUT2D eigenvalue weighted by atomic mass is 10.1. The molecule has 1 aromatic heterocycles. The zero-order valence-electron chi connectivity index (χ0n) is 12.6. The number of rotatable bonds is 4. The number of amides is 1. The lowest BCUT2D eigenvalue weighted by Gasteiger charge is -2.01. The van der Waals surface area contributed by atoms with Gasteiger partial charge in [-0.15, -0.1) is 0 Å². The Labute approximate surface area is 152 Å². The number of hydrogen-bond acceptors (Lipinski definition) is 4. The Bertz CT molecular complexity index is 863. The van der Waals surface area contributed by atoms with E-state index in [0.29, 0.717) is 16.9 Å². The fourth-order valence-corrected chi connectivity index (χ4v) is 3.60. The van der Waals surface area contributed by atoms with Crippen LogP contribution < -0.4 is 5.32 Å². The van der Waals surface area contributed by atoms with Crippen molar-refractivity contribution in [2.45, 2.75) is 12.3 Å². The molecule has 2 unspecified atom stereocenters. The SMILES string of the molecule is O=C(Nc1nc(-c2ccccc2)ns1)C1CC1c1ccc(Br)cc1. The van der Waals surface area contributed by atoms with Crippen LogP contribution in [0.1, 0.15) is 17.9 Å². The fraction of sp³-hybridized carbons (Fsp3) is 0.167. The van der Waals surface area contributed by atoms with Gasteiger partial charge in [0.1, 0.15) is 0 Å². The molecule has 1 aliphatic carbocycles. The first kappa shape index (κ1) is 15.5. The largest absolute Gasteiger partial charge is 0.300 e. The van der Waals surface area contributed by atoms with Crippen molar-refractivity contribution in [3.63, 3.8) is 0 Å². The summed E-state index contributed by atoms with van der Waals surface area (Å²) in [6, 6.07) is 17.9. The average molecular weight is 400 g/mol.